The summed E-state index contributed by atoms with van der Waals surface area (Å²) in [6.45, 7) is 1.37. The molecule has 0 atom stereocenters. The summed E-state index contributed by atoms with van der Waals surface area (Å²) in [7, 11) is -3.80. The normalized spacial score (nSPS) is 11.3. The van der Waals surface area contributed by atoms with E-state index in [-0.39, 0.29) is 15.5 Å². The van der Waals surface area contributed by atoms with Gasteiger partial charge in [-0.25, -0.2) is 18.2 Å². The molecule has 4 rings (SSSR count). The van der Waals surface area contributed by atoms with Gasteiger partial charge in [-0.2, -0.15) is 0 Å². The molecule has 0 aliphatic carbocycles. The molecule has 0 radical (unpaired) electrons. The maximum absolute atomic E-state index is 12.3. The molecule has 12 heteroatoms. The van der Waals surface area contributed by atoms with Crippen LogP contribution in [0.15, 0.2) is 58.1 Å². The minimum atomic E-state index is -3.80. The number of nitrogens with one attached hydrogen (secondary N) is 2. The second kappa shape index (κ2) is 9.17. The van der Waals surface area contributed by atoms with E-state index in [1.807, 2.05) is 25.1 Å². The summed E-state index contributed by atoms with van der Waals surface area (Å²) in [5.74, 6) is -2.01. The molecule has 170 valence electrons. The third-order valence-corrected chi connectivity index (χ3v) is 8.07. The van der Waals surface area contributed by atoms with Crippen LogP contribution in [0.5, 0.6) is 5.75 Å². The van der Waals surface area contributed by atoms with Gasteiger partial charge in [0.2, 0.25) is 0 Å². The van der Waals surface area contributed by atoms with E-state index in [0.29, 0.717) is 5.13 Å². The van der Waals surface area contributed by atoms with Crippen molar-refractivity contribution < 1.29 is 27.9 Å². The minimum Gasteiger partial charge on any atom is -0.507 e. The number of sulfonamides is 1. The molecule has 3 N–H and O–H groups in total. The Morgan fingerprint density at radius 1 is 1.15 bits per heavy atom. The van der Waals surface area contributed by atoms with Crippen LogP contribution in [0, 0.1) is 6.92 Å². The highest BCUT2D eigenvalue weighted by molar-refractivity contribution is 7.94. The molecule has 0 spiro atoms. The number of aryl methyl sites for hydroxylation is 1. The van der Waals surface area contributed by atoms with Crippen molar-refractivity contribution in [2.24, 2.45) is 0 Å². The number of phenols is 1. The molecule has 0 fully saturated rings. The number of ether oxygens (including phenoxy) is 1. The Balaban J connectivity index is 1.36. The number of benzene rings is 2. The van der Waals surface area contributed by atoms with Crippen molar-refractivity contribution in [2.75, 3.05) is 16.6 Å². The molecule has 2 aromatic carbocycles. The first-order valence-corrected chi connectivity index (χ1v) is 12.6. The number of carbonyl (C=O) groups excluding carboxylic acids is 2. The Kier molecular flexibility index (Phi) is 6.31. The largest absolute Gasteiger partial charge is 0.507 e. The monoisotopic (exact) mass is 503 g/mol. The molecule has 2 heterocycles. The van der Waals surface area contributed by atoms with Gasteiger partial charge in [0, 0.05) is 6.07 Å². The molecule has 2 aromatic heterocycles. The Morgan fingerprint density at radius 3 is 2.70 bits per heavy atom. The number of hydrogen-bond acceptors (Lipinski definition) is 9. The lowest BCUT2D eigenvalue weighted by Crippen LogP contribution is -2.21. The van der Waals surface area contributed by atoms with Gasteiger partial charge in [-0.05, 0) is 48.2 Å². The highest BCUT2D eigenvalue weighted by Gasteiger charge is 2.19. The Morgan fingerprint density at radius 2 is 1.97 bits per heavy atom. The zero-order valence-electron chi connectivity index (χ0n) is 17.1. The van der Waals surface area contributed by atoms with Gasteiger partial charge in [-0.3, -0.25) is 14.8 Å². The Bertz CT molecular complexity index is 1450. The van der Waals surface area contributed by atoms with Gasteiger partial charge in [-0.15, -0.1) is 11.3 Å². The first-order chi connectivity index (χ1) is 15.7. The third-order valence-electron chi connectivity index (χ3n) is 4.35. The van der Waals surface area contributed by atoms with Crippen molar-refractivity contribution in [1.29, 1.82) is 0 Å². The fourth-order valence-corrected chi connectivity index (χ4v) is 5.86. The highest BCUT2D eigenvalue weighted by Crippen LogP contribution is 2.27. The van der Waals surface area contributed by atoms with E-state index in [1.54, 1.807) is 11.4 Å². The molecule has 0 bridgehead atoms. The topological polar surface area (TPSA) is 135 Å². The van der Waals surface area contributed by atoms with Gasteiger partial charge in [0.05, 0.1) is 15.9 Å². The average molecular weight is 504 g/mol. The number of rotatable bonds is 7. The number of thiophene rings is 1. The smallest absolute Gasteiger partial charge is 0.342 e. The lowest BCUT2D eigenvalue weighted by atomic mass is 10.2. The van der Waals surface area contributed by atoms with Crippen LogP contribution in [0.25, 0.3) is 10.2 Å². The Hall–Kier alpha value is -3.48. The van der Waals surface area contributed by atoms with Crippen molar-refractivity contribution in [2.45, 2.75) is 11.1 Å². The van der Waals surface area contributed by atoms with Crippen LogP contribution in [-0.2, 0) is 19.6 Å². The number of aromatic hydroxyl groups is 1. The molecular formula is C21H17N3O6S3. The van der Waals surface area contributed by atoms with Gasteiger partial charge in [0.15, 0.2) is 11.7 Å². The van der Waals surface area contributed by atoms with E-state index in [4.69, 9.17) is 4.74 Å². The number of anilines is 2. The summed E-state index contributed by atoms with van der Waals surface area (Å²) in [5.41, 5.74) is 1.68. The van der Waals surface area contributed by atoms with Crippen LogP contribution < -0.4 is 10.0 Å². The van der Waals surface area contributed by atoms with Crippen LogP contribution in [0.2, 0.25) is 0 Å². The van der Waals surface area contributed by atoms with E-state index in [9.17, 15) is 23.1 Å². The molecule has 33 heavy (non-hydrogen) atoms. The predicted molar refractivity (Wildman–Crippen MR) is 127 cm³/mol. The molecular weight excluding hydrogens is 486 g/mol. The van der Waals surface area contributed by atoms with Gasteiger partial charge in [-0.1, -0.05) is 23.5 Å². The fraction of sp³-hybridized carbons (Fsp3) is 0.0952. The van der Waals surface area contributed by atoms with Crippen LogP contribution in [0.1, 0.15) is 15.9 Å². The number of phenolic OH excluding ortho intramolecular Hbond substituents is 1. The summed E-state index contributed by atoms with van der Waals surface area (Å²) >= 11 is 2.34. The molecule has 0 saturated heterocycles. The quantitative estimate of drug-likeness (QED) is 0.325. The van der Waals surface area contributed by atoms with Gasteiger partial charge in [0.1, 0.15) is 15.5 Å². The lowest BCUT2D eigenvalue weighted by molar-refractivity contribution is -0.119. The third kappa shape index (κ3) is 5.30. The van der Waals surface area contributed by atoms with Crippen molar-refractivity contribution in [1.82, 2.24) is 4.98 Å². The van der Waals surface area contributed by atoms with E-state index >= 15 is 0 Å². The summed E-state index contributed by atoms with van der Waals surface area (Å²) in [6.07, 6.45) is 0. The summed E-state index contributed by atoms with van der Waals surface area (Å²) in [5, 5.41) is 14.7. The maximum atomic E-state index is 12.3. The number of fused-ring (bicyclic) bond motifs is 1. The molecule has 4 aromatic rings. The van der Waals surface area contributed by atoms with Crippen molar-refractivity contribution in [3.8, 4) is 5.75 Å². The predicted octanol–water partition coefficient (Wildman–Crippen LogP) is 3.97. The first-order valence-electron chi connectivity index (χ1n) is 9.45. The molecule has 1 amide bonds. The van der Waals surface area contributed by atoms with E-state index in [1.165, 1.54) is 29.5 Å². The van der Waals surface area contributed by atoms with Gasteiger partial charge in [0.25, 0.3) is 15.9 Å². The van der Waals surface area contributed by atoms with Crippen LogP contribution in [0.4, 0.5) is 10.8 Å². The molecule has 0 aliphatic rings. The summed E-state index contributed by atoms with van der Waals surface area (Å²) in [6, 6.07) is 12.4. The number of carbonyl (C=O) groups is 2. The molecule has 0 aliphatic heterocycles. The van der Waals surface area contributed by atoms with Gasteiger partial charge < -0.3 is 9.84 Å². The Labute approximate surface area is 196 Å². The number of aromatic nitrogens is 1. The minimum absolute atomic E-state index is 0.0706. The maximum Gasteiger partial charge on any atom is 0.342 e. The van der Waals surface area contributed by atoms with Gasteiger partial charge >= 0.3 is 5.97 Å². The van der Waals surface area contributed by atoms with E-state index < -0.39 is 34.3 Å². The van der Waals surface area contributed by atoms with E-state index in [0.717, 1.165) is 33.2 Å². The van der Waals surface area contributed by atoms with E-state index in [2.05, 4.69) is 15.0 Å². The van der Waals surface area contributed by atoms with Crippen LogP contribution in [-0.4, -0.2) is 37.0 Å². The number of hydrogen-bond donors (Lipinski definition) is 3. The summed E-state index contributed by atoms with van der Waals surface area (Å²) in [4.78, 5) is 28.7. The van der Waals surface area contributed by atoms with Crippen LogP contribution >= 0.6 is 22.7 Å². The standard InChI is InChI=1S/C21H17N3O6S3/c1-12-4-7-15-17(9-12)32-21(22-15)23-18(26)11-30-20(27)14-6-5-13(10-16(14)25)24-33(28,29)19-3-2-8-31-19/h2-10,24-25H,11H2,1H3,(H,22,23,26). The fourth-order valence-electron chi connectivity index (χ4n) is 2.84. The number of thiazole rings is 1. The average Bonchev–Trinajstić information content (AvgIpc) is 3.42. The number of amides is 1. The first kappa shape index (κ1) is 22.7. The summed E-state index contributed by atoms with van der Waals surface area (Å²) < 4.78 is 32.9. The zero-order chi connectivity index (χ0) is 23.6. The van der Waals surface area contributed by atoms with Crippen molar-refractivity contribution >= 4 is 65.6 Å². The SMILES string of the molecule is Cc1ccc2nc(NC(=O)COC(=O)c3ccc(NS(=O)(=O)c4cccs4)cc3O)sc2c1. The molecule has 0 unspecified atom stereocenters. The second-order valence-corrected chi connectivity index (χ2v) is 10.8. The number of esters is 1. The molecule has 0 saturated carbocycles. The zero-order valence-corrected chi connectivity index (χ0v) is 19.5. The van der Waals surface area contributed by atoms with Crippen molar-refractivity contribution in [3.05, 3.63) is 65.0 Å². The molecule has 9 nitrogen and oxygen atoms in total. The second-order valence-electron chi connectivity index (χ2n) is 6.88. The lowest BCUT2D eigenvalue weighted by Gasteiger charge is -2.09. The van der Waals surface area contributed by atoms with Crippen molar-refractivity contribution in [3.63, 3.8) is 0 Å². The number of nitrogens with zero attached hydrogens (tertiary/aromatic N) is 1. The highest BCUT2D eigenvalue weighted by atomic mass is 32.2. The van der Waals surface area contributed by atoms with Crippen LogP contribution in [0.3, 0.4) is 0 Å².